The van der Waals surface area contributed by atoms with E-state index in [1.54, 1.807) is 0 Å². The lowest BCUT2D eigenvalue weighted by Crippen LogP contribution is -2.11. The predicted octanol–water partition coefficient (Wildman–Crippen LogP) is 0.409. The average molecular weight is 104 g/mol. The molecule has 1 saturated heterocycles. The third-order valence-electron chi connectivity index (χ3n) is 0.729. The van der Waals surface area contributed by atoms with E-state index in [4.69, 9.17) is 0 Å². The van der Waals surface area contributed by atoms with Crippen molar-refractivity contribution >= 4 is 0 Å². The van der Waals surface area contributed by atoms with Crippen LogP contribution in [0.2, 0.25) is 0 Å². The summed E-state index contributed by atoms with van der Waals surface area (Å²) in [6.45, 7) is 7.28. The summed E-state index contributed by atoms with van der Waals surface area (Å²) in [6, 6.07) is 0. The Kier molecular flexibility index (Phi) is 5.85. The maximum absolute atomic E-state index is 3.11. The van der Waals surface area contributed by atoms with Gasteiger partial charge in [0.25, 0.3) is 0 Å². The van der Waals surface area contributed by atoms with Crippen molar-refractivity contribution in [3.8, 4) is 0 Å². The van der Waals surface area contributed by atoms with Crippen molar-refractivity contribution in [3.63, 3.8) is 0 Å². The van der Waals surface area contributed by atoms with Gasteiger partial charge in [0.05, 0.1) is 0 Å². The molecule has 0 aromatic heterocycles. The van der Waals surface area contributed by atoms with Crippen LogP contribution in [0.1, 0.15) is 15.3 Å². The van der Waals surface area contributed by atoms with Gasteiger partial charge in [0.2, 0.25) is 0 Å². The molecule has 7 heavy (non-hydrogen) atoms. The van der Waals surface area contributed by atoms with Crippen LogP contribution in [0.15, 0.2) is 0 Å². The third-order valence-corrected chi connectivity index (χ3v) is 0.729. The maximum atomic E-state index is 3.11. The highest BCUT2D eigenvalue weighted by Crippen LogP contribution is 1.62. The first-order valence-corrected chi connectivity index (χ1v) is 2.91. The first-order chi connectivity index (χ1) is 3.50. The molecule has 1 aliphatic rings. The highest BCUT2D eigenvalue weighted by molar-refractivity contribution is 4.55. The van der Waals surface area contributed by atoms with Crippen LogP contribution in [0.5, 0.6) is 0 Å². The summed E-state index contributed by atoms with van der Waals surface area (Å²) >= 11 is 0. The monoisotopic (exact) mass is 104 g/mol. The molecule has 2 N–H and O–H groups in total. The molecule has 0 aromatic rings. The van der Waals surface area contributed by atoms with E-state index in [1.807, 2.05) is 13.8 Å². The third kappa shape index (κ3) is 3.76. The fourth-order valence-corrected chi connectivity index (χ4v) is 0.442. The van der Waals surface area contributed by atoms with Gasteiger partial charge in [-0.1, -0.05) is 13.8 Å². The van der Waals surface area contributed by atoms with Gasteiger partial charge in [0, 0.05) is 21.2 Å². The second kappa shape index (κ2) is 5.92. The molecule has 0 unspecified atom stereocenters. The Morgan fingerprint density at radius 1 is 1.14 bits per heavy atom. The van der Waals surface area contributed by atoms with Crippen molar-refractivity contribution < 1.29 is 1.43 Å². The smallest absolute Gasteiger partial charge is 0.0455 e. The van der Waals surface area contributed by atoms with E-state index in [9.17, 15) is 0 Å². The summed E-state index contributed by atoms with van der Waals surface area (Å²) in [6.07, 6.45) is 0. The van der Waals surface area contributed by atoms with Gasteiger partial charge < -0.3 is 10.6 Å². The van der Waals surface area contributed by atoms with Crippen LogP contribution in [-0.4, -0.2) is 19.8 Å². The Hall–Kier alpha value is -0.0800. The van der Waals surface area contributed by atoms with E-state index >= 15 is 0 Å². The molecule has 0 amide bonds. The largest absolute Gasteiger partial charge is 0.303 e. The second-order valence-electron chi connectivity index (χ2n) is 1.18. The van der Waals surface area contributed by atoms with Crippen LogP contribution in [0.25, 0.3) is 0 Å². The minimum absolute atomic E-state index is 0. The van der Waals surface area contributed by atoms with Crippen molar-refractivity contribution in [1.29, 1.82) is 0 Å². The molecule has 0 bridgehead atoms. The van der Waals surface area contributed by atoms with Crippen LogP contribution < -0.4 is 10.6 Å². The Morgan fingerprint density at radius 2 is 1.57 bits per heavy atom. The molecule has 0 spiro atoms. The van der Waals surface area contributed by atoms with Crippen LogP contribution in [0.4, 0.5) is 0 Å². The molecule has 0 aromatic carbocycles. The Morgan fingerprint density at radius 3 is 1.71 bits per heavy atom. The van der Waals surface area contributed by atoms with E-state index in [0.717, 1.165) is 19.8 Å². The van der Waals surface area contributed by atoms with Crippen LogP contribution in [0, 0.1) is 0 Å². The van der Waals surface area contributed by atoms with Crippen molar-refractivity contribution in [2.75, 3.05) is 19.8 Å². The van der Waals surface area contributed by atoms with Gasteiger partial charge in [0.1, 0.15) is 0 Å². The van der Waals surface area contributed by atoms with E-state index in [1.165, 1.54) is 0 Å². The maximum Gasteiger partial charge on any atom is 0.0455 e. The zero-order valence-electron chi connectivity index (χ0n) is 5.12. The topological polar surface area (TPSA) is 24.1 Å². The molecule has 0 saturated carbocycles. The van der Waals surface area contributed by atoms with E-state index in [2.05, 4.69) is 10.6 Å². The number of hydrogen-bond acceptors (Lipinski definition) is 2. The predicted molar refractivity (Wildman–Crippen MR) is 34.3 cm³/mol. The number of hydrogen-bond donors (Lipinski definition) is 2. The summed E-state index contributed by atoms with van der Waals surface area (Å²) in [5, 5.41) is 6.22. The quantitative estimate of drug-likeness (QED) is 0.465. The molecule has 1 heterocycles. The van der Waals surface area contributed by atoms with Gasteiger partial charge >= 0.3 is 0 Å². The van der Waals surface area contributed by atoms with Crippen LogP contribution in [0.3, 0.4) is 0 Å². The lowest BCUT2D eigenvalue weighted by Gasteiger charge is -1.77. The summed E-state index contributed by atoms with van der Waals surface area (Å²) in [4.78, 5) is 0. The lowest BCUT2D eigenvalue weighted by atomic mass is 10.7. The summed E-state index contributed by atoms with van der Waals surface area (Å²) in [5.74, 6) is 0. The Balaban J connectivity index is 0. The highest BCUT2D eigenvalue weighted by atomic mass is 15.1. The fraction of sp³-hybridized carbons (Fsp3) is 1.00. The van der Waals surface area contributed by atoms with Crippen LogP contribution >= 0.6 is 0 Å². The molecular formula is C5H16N2. The summed E-state index contributed by atoms with van der Waals surface area (Å²) in [5.41, 5.74) is 0. The molecule has 0 atom stereocenters. The van der Waals surface area contributed by atoms with Gasteiger partial charge in [-0.3, -0.25) is 0 Å². The highest BCUT2D eigenvalue weighted by Gasteiger charge is 1.90. The Labute approximate surface area is 46.8 Å². The lowest BCUT2D eigenvalue weighted by molar-refractivity contribution is 0.807. The number of rotatable bonds is 0. The van der Waals surface area contributed by atoms with Crippen LogP contribution in [-0.2, 0) is 0 Å². The molecule has 2 heteroatoms. The molecule has 0 radical (unpaired) electrons. The fourth-order valence-electron chi connectivity index (χ4n) is 0.442. The van der Waals surface area contributed by atoms with Crippen molar-refractivity contribution in [1.82, 2.24) is 10.6 Å². The minimum atomic E-state index is 0. The van der Waals surface area contributed by atoms with E-state index < -0.39 is 0 Å². The molecule has 1 fully saturated rings. The molecule has 1 aliphatic heterocycles. The van der Waals surface area contributed by atoms with Crippen molar-refractivity contribution in [2.45, 2.75) is 13.8 Å². The van der Waals surface area contributed by atoms with E-state index in [0.29, 0.717) is 0 Å². The molecular weight excluding hydrogens is 88.1 g/mol. The zero-order valence-corrected chi connectivity index (χ0v) is 5.12. The zero-order chi connectivity index (χ0) is 5.54. The molecule has 2 nitrogen and oxygen atoms in total. The minimum Gasteiger partial charge on any atom is -0.303 e. The SMILES string of the molecule is C1CNCN1.CC.[HH]. The van der Waals surface area contributed by atoms with Crippen molar-refractivity contribution in [3.05, 3.63) is 0 Å². The summed E-state index contributed by atoms with van der Waals surface area (Å²) in [7, 11) is 0. The molecule has 0 aliphatic carbocycles. The second-order valence-corrected chi connectivity index (χ2v) is 1.18. The standard InChI is InChI=1S/C3H8N2.C2H6.H2/c1-2-5-3-4-1;1-2;/h4-5H,1-3H2;1-2H3;1H. The average Bonchev–Trinajstić information content (AvgIpc) is 2.23. The van der Waals surface area contributed by atoms with Gasteiger partial charge in [0.15, 0.2) is 0 Å². The first-order valence-electron chi connectivity index (χ1n) is 2.91. The number of nitrogens with one attached hydrogen (secondary N) is 2. The van der Waals surface area contributed by atoms with Gasteiger partial charge in [-0.25, -0.2) is 0 Å². The first kappa shape index (κ1) is 6.92. The summed E-state index contributed by atoms with van der Waals surface area (Å²) < 4.78 is 0. The Bertz CT molecular complexity index is 22.0. The normalized spacial score (nSPS) is 18.0. The van der Waals surface area contributed by atoms with Crippen molar-refractivity contribution in [2.24, 2.45) is 0 Å². The van der Waals surface area contributed by atoms with E-state index in [-0.39, 0.29) is 1.43 Å². The molecule has 46 valence electrons. The van der Waals surface area contributed by atoms with Gasteiger partial charge in [-0.15, -0.1) is 0 Å². The molecule has 1 rings (SSSR count). The van der Waals surface area contributed by atoms with Gasteiger partial charge in [-0.05, 0) is 0 Å². The van der Waals surface area contributed by atoms with Gasteiger partial charge in [-0.2, -0.15) is 0 Å².